The molecule has 0 bridgehead atoms. The van der Waals surface area contributed by atoms with E-state index >= 15 is 0 Å². The summed E-state index contributed by atoms with van der Waals surface area (Å²) in [6, 6.07) is 11.6. The third-order valence-electron chi connectivity index (χ3n) is 5.80. The van der Waals surface area contributed by atoms with Gasteiger partial charge in [-0.25, -0.2) is 4.98 Å². The summed E-state index contributed by atoms with van der Waals surface area (Å²) in [7, 11) is 3.48. The first-order valence-corrected chi connectivity index (χ1v) is 11.0. The molecule has 3 aromatic heterocycles. The fourth-order valence-electron chi connectivity index (χ4n) is 4.12. The highest BCUT2D eigenvalue weighted by atomic mass is 16.5. The lowest BCUT2D eigenvalue weighted by molar-refractivity contribution is 0.0948. The molecule has 8 nitrogen and oxygen atoms in total. The molecule has 1 N–H and O–H groups in total. The van der Waals surface area contributed by atoms with Crippen LogP contribution in [-0.4, -0.2) is 44.1 Å². The monoisotopic (exact) mass is 446 g/mol. The lowest BCUT2D eigenvalue weighted by Gasteiger charge is -2.15. The second kappa shape index (κ2) is 9.05. The molecule has 0 aliphatic rings. The molecule has 172 valence electrons. The average molecular weight is 447 g/mol. The highest BCUT2D eigenvalue weighted by Gasteiger charge is 2.20. The van der Waals surface area contributed by atoms with Crippen molar-refractivity contribution in [3.8, 4) is 17.0 Å². The van der Waals surface area contributed by atoms with Gasteiger partial charge in [0.15, 0.2) is 5.65 Å². The summed E-state index contributed by atoms with van der Waals surface area (Å²) < 4.78 is 8.97. The number of nitrogens with one attached hydrogen (secondary N) is 1. The normalized spacial score (nSPS) is 12.2. The molecule has 1 atom stereocenters. The molecule has 0 aliphatic carbocycles. The van der Waals surface area contributed by atoms with Crippen LogP contribution in [0.2, 0.25) is 0 Å². The second-order valence-electron chi connectivity index (χ2n) is 8.62. The summed E-state index contributed by atoms with van der Waals surface area (Å²) in [5.41, 5.74) is 5.79. The Morgan fingerprint density at radius 3 is 2.48 bits per heavy atom. The van der Waals surface area contributed by atoms with Crippen LogP contribution in [0, 0.1) is 26.7 Å². The maximum absolute atomic E-state index is 13.3. The van der Waals surface area contributed by atoms with E-state index in [1.807, 2.05) is 62.8 Å². The molecule has 0 saturated heterocycles. The Morgan fingerprint density at radius 1 is 1.12 bits per heavy atom. The van der Waals surface area contributed by atoms with Gasteiger partial charge in [0.2, 0.25) is 0 Å². The van der Waals surface area contributed by atoms with Crippen LogP contribution in [0.4, 0.5) is 0 Å². The van der Waals surface area contributed by atoms with Crippen LogP contribution in [0.25, 0.3) is 22.3 Å². The third kappa shape index (κ3) is 4.60. The molecule has 8 heteroatoms. The number of amides is 1. The maximum atomic E-state index is 13.3. The van der Waals surface area contributed by atoms with E-state index in [0.717, 1.165) is 40.3 Å². The van der Waals surface area contributed by atoms with Gasteiger partial charge in [-0.05, 0) is 63.1 Å². The summed E-state index contributed by atoms with van der Waals surface area (Å²) in [5, 5.41) is 12.9. The van der Waals surface area contributed by atoms with Crippen molar-refractivity contribution in [2.24, 2.45) is 13.0 Å². The van der Waals surface area contributed by atoms with Crippen molar-refractivity contribution in [1.29, 1.82) is 0 Å². The van der Waals surface area contributed by atoms with Crippen molar-refractivity contribution in [1.82, 2.24) is 29.9 Å². The van der Waals surface area contributed by atoms with Crippen molar-refractivity contribution in [3.63, 3.8) is 0 Å². The first-order chi connectivity index (χ1) is 15.8. The Bertz CT molecular complexity index is 1300. The van der Waals surface area contributed by atoms with E-state index in [0.29, 0.717) is 23.4 Å². The van der Waals surface area contributed by atoms with Gasteiger partial charge >= 0.3 is 0 Å². The van der Waals surface area contributed by atoms with E-state index in [2.05, 4.69) is 28.5 Å². The molecule has 1 aromatic carbocycles. The SMILES string of the molecule is COc1ccc(-c2cc(C(=O)NC[C@H](C)Cn3nc(C)cc3C)c3c(C)nn(C)c3n2)cc1. The molecule has 3 heterocycles. The standard InChI is InChI=1S/C25H30N6O2/c1-15(14-31-17(3)11-16(2)28-31)13-26-25(32)21-12-22(19-7-9-20(33-6)10-8-19)27-24-23(21)18(4)29-30(24)5/h7-12,15H,13-14H2,1-6H3,(H,26,32)/t15-/m0/s1. The van der Waals surface area contributed by atoms with Gasteiger partial charge in [0, 0.05) is 31.4 Å². The van der Waals surface area contributed by atoms with Crippen LogP contribution in [0.15, 0.2) is 36.4 Å². The van der Waals surface area contributed by atoms with Crippen molar-refractivity contribution in [2.75, 3.05) is 13.7 Å². The van der Waals surface area contributed by atoms with Gasteiger partial charge < -0.3 is 10.1 Å². The van der Waals surface area contributed by atoms with Crippen LogP contribution in [0.3, 0.4) is 0 Å². The fourth-order valence-corrected chi connectivity index (χ4v) is 4.12. The number of ether oxygens (including phenoxy) is 1. The molecule has 0 aliphatic heterocycles. The summed E-state index contributed by atoms with van der Waals surface area (Å²) in [4.78, 5) is 18.1. The van der Waals surface area contributed by atoms with Crippen molar-refractivity contribution >= 4 is 16.9 Å². The minimum atomic E-state index is -0.131. The van der Waals surface area contributed by atoms with Gasteiger partial charge in [-0.1, -0.05) is 6.92 Å². The molecule has 0 saturated carbocycles. The number of methoxy groups -OCH3 is 1. The summed E-state index contributed by atoms with van der Waals surface area (Å²) in [5.74, 6) is 0.861. The minimum Gasteiger partial charge on any atom is -0.497 e. The van der Waals surface area contributed by atoms with E-state index in [4.69, 9.17) is 9.72 Å². The summed E-state index contributed by atoms with van der Waals surface area (Å²) in [6.07, 6.45) is 0. The first kappa shape index (κ1) is 22.5. The molecule has 0 unspecified atom stereocenters. The Hall–Kier alpha value is -3.68. The second-order valence-corrected chi connectivity index (χ2v) is 8.62. The van der Waals surface area contributed by atoms with E-state index in [1.165, 1.54) is 0 Å². The van der Waals surface area contributed by atoms with Gasteiger partial charge in [0.25, 0.3) is 5.91 Å². The van der Waals surface area contributed by atoms with Crippen LogP contribution in [0.5, 0.6) is 5.75 Å². The highest BCUT2D eigenvalue weighted by Crippen LogP contribution is 2.28. The molecule has 0 spiro atoms. The van der Waals surface area contributed by atoms with E-state index in [9.17, 15) is 4.79 Å². The Kier molecular flexibility index (Phi) is 6.18. The topological polar surface area (TPSA) is 86.9 Å². The minimum absolute atomic E-state index is 0.131. The Morgan fingerprint density at radius 2 is 1.85 bits per heavy atom. The first-order valence-electron chi connectivity index (χ1n) is 11.0. The van der Waals surface area contributed by atoms with Crippen LogP contribution in [0.1, 0.15) is 34.4 Å². The predicted octanol–water partition coefficient (Wildman–Crippen LogP) is 3.83. The number of pyridine rings is 1. The van der Waals surface area contributed by atoms with Gasteiger partial charge in [-0.3, -0.25) is 14.2 Å². The molecule has 0 radical (unpaired) electrons. The number of hydrogen-bond acceptors (Lipinski definition) is 5. The highest BCUT2D eigenvalue weighted by molar-refractivity contribution is 6.07. The van der Waals surface area contributed by atoms with E-state index in [-0.39, 0.29) is 11.8 Å². The Balaban J connectivity index is 1.61. The van der Waals surface area contributed by atoms with E-state index in [1.54, 1.807) is 11.8 Å². The number of nitrogens with zero attached hydrogens (tertiary/aromatic N) is 5. The quantitative estimate of drug-likeness (QED) is 0.466. The number of hydrogen-bond donors (Lipinski definition) is 1. The third-order valence-corrected chi connectivity index (χ3v) is 5.80. The molecular formula is C25H30N6O2. The van der Waals surface area contributed by atoms with Crippen LogP contribution < -0.4 is 10.1 Å². The molecule has 33 heavy (non-hydrogen) atoms. The van der Waals surface area contributed by atoms with Crippen molar-refractivity contribution < 1.29 is 9.53 Å². The zero-order valence-electron chi connectivity index (χ0n) is 20.0. The fraction of sp³-hybridized carbons (Fsp3) is 0.360. The van der Waals surface area contributed by atoms with Gasteiger partial charge in [0.05, 0.1) is 35.1 Å². The molecule has 4 aromatic rings. The number of carbonyl (C=O) groups excluding carboxylic acids is 1. The molecule has 0 fully saturated rings. The van der Waals surface area contributed by atoms with Gasteiger partial charge in [-0.2, -0.15) is 10.2 Å². The van der Waals surface area contributed by atoms with Gasteiger partial charge in [-0.15, -0.1) is 0 Å². The molecule has 1 amide bonds. The zero-order valence-corrected chi connectivity index (χ0v) is 20.0. The van der Waals surface area contributed by atoms with Crippen LogP contribution >= 0.6 is 0 Å². The number of fused-ring (bicyclic) bond motifs is 1. The van der Waals surface area contributed by atoms with Crippen molar-refractivity contribution in [2.45, 2.75) is 34.2 Å². The summed E-state index contributed by atoms with van der Waals surface area (Å²) in [6.45, 7) is 9.33. The number of aryl methyl sites for hydroxylation is 4. The lowest BCUT2D eigenvalue weighted by atomic mass is 10.0. The van der Waals surface area contributed by atoms with Gasteiger partial charge in [0.1, 0.15) is 5.75 Å². The smallest absolute Gasteiger partial charge is 0.252 e. The predicted molar refractivity (Wildman–Crippen MR) is 128 cm³/mol. The number of carbonyl (C=O) groups is 1. The average Bonchev–Trinajstić information content (AvgIpc) is 3.27. The lowest BCUT2D eigenvalue weighted by Crippen LogP contribution is -2.30. The summed E-state index contributed by atoms with van der Waals surface area (Å²) >= 11 is 0. The van der Waals surface area contributed by atoms with Crippen molar-refractivity contribution in [3.05, 3.63) is 59.0 Å². The maximum Gasteiger partial charge on any atom is 0.252 e. The van der Waals surface area contributed by atoms with Crippen LogP contribution in [-0.2, 0) is 13.6 Å². The molecular weight excluding hydrogens is 416 g/mol. The van der Waals surface area contributed by atoms with E-state index < -0.39 is 0 Å². The largest absolute Gasteiger partial charge is 0.497 e. The zero-order chi connectivity index (χ0) is 23.7. The molecule has 4 rings (SSSR count). The number of aromatic nitrogens is 5. The number of rotatable bonds is 7. The number of benzene rings is 1. The Labute approximate surface area is 193 Å².